The highest BCUT2D eigenvalue weighted by Gasteiger charge is 2.47. The summed E-state index contributed by atoms with van der Waals surface area (Å²) in [6.45, 7) is 1.91. The van der Waals surface area contributed by atoms with Gasteiger partial charge in [-0.05, 0) is 48.4 Å². The maximum Gasteiger partial charge on any atom is 0.300 e. The number of ether oxygens (including phenoxy) is 1. The van der Waals surface area contributed by atoms with Crippen LogP contribution in [0.2, 0.25) is 0 Å². The van der Waals surface area contributed by atoms with Gasteiger partial charge in [0, 0.05) is 23.6 Å². The van der Waals surface area contributed by atoms with Crippen LogP contribution in [0.15, 0.2) is 78.6 Å². The molecule has 4 rings (SSSR count). The molecule has 2 heterocycles. The molecule has 0 spiro atoms. The molecule has 0 bridgehead atoms. The van der Waals surface area contributed by atoms with Crippen LogP contribution in [0.25, 0.3) is 5.76 Å². The number of aliphatic hydroxyl groups is 1. The molecule has 1 aliphatic heterocycles. The van der Waals surface area contributed by atoms with Crippen molar-refractivity contribution in [2.24, 2.45) is 0 Å². The number of amides is 1. The molecule has 0 radical (unpaired) electrons. The molecule has 6 nitrogen and oxygen atoms in total. The van der Waals surface area contributed by atoms with E-state index in [9.17, 15) is 14.7 Å². The Kier molecular flexibility index (Phi) is 5.06. The number of nitrogens with zero attached hydrogens (tertiary/aromatic N) is 2. The molecule has 6 heteroatoms. The van der Waals surface area contributed by atoms with Crippen LogP contribution in [0.4, 0.5) is 5.69 Å². The molecule has 2 aromatic carbocycles. The van der Waals surface area contributed by atoms with Gasteiger partial charge in [0.05, 0.1) is 18.7 Å². The van der Waals surface area contributed by atoms with E-state index < -0.39 is 17.7 Å². The zero-order chi connectivity index (χ0) is 21.3. The van der Waals surface area contributed by atoms with Gasteiger partial charge in [-0.3, -0.25) is 19.5 Å². The summed E-state index contributed by atoms with van der Waals surface area (Å²) in [7, 11) is 1.52. The van der Waals surface area contributed by atoms with E-state index in [2.05, 4.69) is 4.98 Å². The molecule has 1 atom stereocenters. The number of benzene rings is 2. The van der Waals surface area contributed by atoms with Crippen LogP contribution < -0.4 is 9.64 Å². The van der Waals surface area contributed by atoms with Crippen LogP contribution in [0.3, 0.4) is 0 Å². The number of hydrogen-bond acceptors (Lipinski definition) is 5. The van der Waals surface area contributed by atoms with Gasteiger partial charge in [-0.25, -0.2) is 0 Å². The highest BCUT2D eigenvalue weighted by Crippen LogP contribution is 2.42. The molecule has 1 saturated heterocycles. The summed E-state index contributed by atoms with van der Waals surface area (Å²) in [5.41, 5.74) is 2.57. The number of carbonyl (C=O) groups excluding carboxylic acids is 2. The molecule has 1 fully saturated rings. The fourth-order valence-corrected chi connectivity index (χ4v) is 3.66. The van der Waals surface area contributed by atoms with Gasteiger partial charge in [0.2, 0.25) is 0 Å². The predicted molar refractivity (Wildman–Crippen MR) is 113 cm³/mol. The van der Waals surface area contributed by atoms with E-state index in [1.165, 1.54) is 12.0 Å². The third kappa shape index (κ3) is 3.33. The highest BCUT2D eigenvalue weighted by atomic mass is 16.5. The summed E-state index contributed by atoms with van der Waals surface area (Å²) in [6, 6.07) is 16.8. The standard InChI is InChI=1S/C24H20N2O4/c1-15-6-3-9-18(12-15)26-21(17-8-5-11-25-14-17)20(23(28)24(26)29)22(27)16-7-4-10-19(13-16)30-2/h3-14,21,27H,1-2H3/b22-20+. The number of pyridine rings is 1. The van der Waals surface area contributed by atoms with Gasteiger partial charge in [0.15, 0.2) is 0 Å². The van der Waals surface area contributed by atoms with Crippen molar-refractivity contribution in [1.82, 2.24) is 4.98 Å². The lowest BCUT2D eigenvalue weighted by Crippen LogP contribution is -2.29. The van der Waals surface area contributed by atoms with Gasteiger partial charge in [-0.2, -0.15) is 0 Å². The molecular formula is C24H20N2O4. The van der Waals surface area contributed by atoms with Crippen molar-refractivity contribution in [3.05, 3.63) is 95.3 Å². The smallest absolute Gasteiger partial charge is 0.300 e. The monoisotopic (exact) mass is 400 g/mol. The fraction of sp³-hybridized carbons (Fsp3) is 0.125. The SMILES string of the molecule is COc1cccc(/C(O)=C2\C(=O)C(=O)N(c3cccc(C)c3)C2c2cccnc2)c1. The second kappa shape index (κ2) is 7.83. The third-order valence-electron chi connectivity index (χ3n) is 5.07. The molecule has 0 aliphatic carbocycles. The molecule has 30 heavy (non-hydrogen) atoms. The summed E-state index contributed by atoms with van der Waals surface area (Å²) in [5, 5.41) is 11.1. The molecular weight excluding hydrogens is 380 g/mol. The third-order valence-corrected chi connectivity index (χ3v) is 5.07. The van der Waals surface area contributed by atoms with Crippen LogP contribution in [0.1, 0.15) is 22.7 Å². The van der Waals surface area contributed by atoms with Gasteiger partial charge in [-0.15, -0.1) is 0 Å². The van der Waals surface area contributed by atoms with E-state index >= 15 is 0 Å². The molecule has 1 aromatic heterocycles. The summed E-state index contributed by atoms with van der Waals surface area (Å²) in [4.78, 5) is 31.7. The maximum absolute atomic E-state index is 13.1. The number of methoxy groups -OCH3 is 1. The Morgan fingerprint density at radius 3 is 2.57 bits per heavy atom. The number of aryl methyl sites for hydroxylation is 1. The Bertz CT molecular complexity index is 1150. The van der Waals surface area contributed by atoms with Crippen molar-refractivity contribution in [1.29, 1.82) is 0 Å². The lowest BCUT2D eigenvalue weighted by atomic mass is 9.96. The van der Waals surface area contributed by atoms with Crippen molar-refractivity contribution < 1.29 is 19.4 Å². The largest absolute Gasteiger partial charge is 0.507 e. The number of Topliss-reactive ketones (excluding diaryl/α,β-unsaturated/α-hetero) is 1. The van der Waals surface area contributed by atoms with Crippen LogP contribution >= 0.6 is 0 Å². The predicted octanol–water partition coefficient (Wildman–Crippen LogP) is 4.02. The normalized spacial score (nSPS) is 17.9. The number of carbonyl (C=O) groups is 2. The van der Waals surface area contributed by atoms with Gasteiger partial charge in [0.25, 0.3) is 11.7 Å². The second-order valence-electron chi connectivity index (χ2n) is 7.03. The minimum Gasteiger partial charge on any atom is -0.507 e. The number of aromatic nitrogens is 1. The van der Waals surface area contributed by atoms with Crippen molar-refractivity contribution in [3.63, 3.8) is 0 Å². The molecule has 1 unspecified atom stereocenters. The highest BCUT2D eigenvalue weighted by molar-refractivity contribution is 6.51. The molecule has 1 amide bonds. The number of hydrogen-bond donors (Lipinski definition) is 1. The van der Waals surface area contributed by atoms with E-state index in [1.807, 2.05) is 25.1 Å². The maximum atomic E-state index is 13.1. The first-order valence-electron chi connectivity index (χ1n) is 9.43. The summed E-state index contributed by atoms with van der Waals surface area (Å²) < 4.78 is 5.22. The lowest BCUT2D eigenvalue weighted by Gasteiger charge is -2.25. The van der Waals surface area contributed by atoms with E-state index in [0.717, 1.165) is 5.56 Å². The van der Waals surface area contributed by atoms with Crippen molar-refractivity contribution in [2.45, 2.75) is 13.0 Å². The van der Waals surface area contributed by atoms with Crippen LogP contribution in [0, 0.1) is 6.92 Å². The number of anilines is 1. The van der Waals surface area contributed by atoms with Crippen LogP contribution in [-0.2, 0) is 9.59 Å². The Balaban J connectivity index is 1.94. The minimum absolute atomic E-state index is 0.0164. The molecule has 3 aromatic rings. The Labute approximate surface area is 174 Å². The molecule has 1 aliphatic rings. The average molecular weight is 400 g/mol. The van der Waals surface area contributed by atoms with E-state index in [0.29, 0.717) is 22.6 Å². The average Bonchev–Trinajstić information content (AvgIpc) is 3.04. The first-order chi connectivity index (χ1) is 14.5. The van der Waals surface area contributed by atoms with Gasteiger partial charge >= 0.3 is 0 Å². The van der Waals surface area contributed by atoms with Gasteiger partial charge in [-0.1, -0.05) is 30.3 Å². The van der Waals surface area contributed by atoms with Crippen LogP contribution in [0.5, 0.6) is 5.75 Å². The van der Waals surface area contributed by atoms with Crippen molar-refractivity contribution >= 4 is 23.1 Å². The summed E-state index contributed by atoms with van der Waals surface area (Å²) in [5.74, 6) is -1.16. The first-order valence-corrected chi connectivity index (χ1v) is 9.43. The summed E-state index contributed by atoms with van der Waals surface area (Å²) in [6.07, 6.45) is 3.21. The Morgan fingerprint density at radius 2 is 1.87 bits per heavy atom. The lowest BCUT2D eigenvalue weighted by molar-refractivity contribution is -0.132. The fourth-order valence-electron chi connectivity index (χ4n) is 3.66. The number of rotatable bonds is 4. The quantitative estimate of drug-likeness (QED) is 0.406. The van der Waals surface area contributed by atoms with Crippen molar-refractivity contribution in [2.75, 3.05) is 12.0 Å². The van der Waals surface area contributed by atoms with Crippen molar-refractivity contribution in [3.8, 4) is 5.75 Å². The first kappa shape index (κ1) is 19.4. The van der Waals surface area contributed by atoms with E-state index in [-0.39, 0.29) is 11.3 Å². The minimum atomic E-state index is -0.799. The Morgan fingerprint density at radius 1 is 1.07 bits per heavy atom. The zero-order valence-corrected chi connectivity index (χ0v) is 16.6. The number of aliphatic hydroxyl groups excluding tert-OH is 1. The second-order valence-corrected chi connectivity index (χ2v) is 7.03. The van der Waals surface area contributed by atoms with Crippen LogP contribution in [-0.4, -0.2) is 28.9 Å². The van der Waals surface area contributed by atoms with E-state index in [4.69, 9.17) is 4.74 Å². The Hall–Kier alpha value is -3.93. The van der Waals surface area contributed by atoms with Gasteiger partial charge in [0.1, 0.15) is 11.5 Å². The zero-order valence-electron chi connectivity index (χ0n) is 16.6. The van der Waals surface area contributed by atoms with Gasteiger partial charge < -0.3 is 9.84 Å². The molecule has 1 N–H and O–H groups in total. The molecule has 0 saturated carbocycles. The topological polar surface area (TPSA) is 79.7 Å². The van der Waals surface area contributed by atoms with E-state index in [1.54, 1.807) is 54.9 Å². The summed E-state index contributed by atoms with van der Waals surface area (Å²) >= 11 is 0. The number of ketones is 1. The molecule has 150 valence electrons.